The second-order valence-electron chi connectivity index (χ2n) is 4.81. The molecular weight excluding hydrogens is 250 g/mol. The fourth-order valence-electron chi connectivity index (χ4n) is 2.57. The van der Waals surface area contributed by atoms with E-state index in [9.17, 15) is 9.59 Å². The van der Waals surface area contributed by atoms with Gasteiger partial charge in [-0.25, -0.2) is 9.59 Å². The maximum absolute atomic E-state index is 11.2. The molecule has 3 N–H and O–H groups in total. The van der Waals surface area contributed by atoms with Crippen molar-refractivity contribution in [2.24, 2.45) is 0 Å². The van der Waals surface area contributed by atoms with Gasteiger partial charge in [-0.1, -0.05) is 6.42 Å². The molecule has 1 aromatic heterocycles. The van der Waals surface area contributed by atoms with Gasteiger partial charge in [0.1, 0.15) is 5.69 Å². The van der Waals surface area contributed by atoms with Gasteiger partial charge in [-0.05, 0) is 19.4 Å². The van der Waals surface area contributed by atoms with Crippen LogP contribution in [0.5, 0.6) is 0 Å². The minimum Gasteiger partial charge on any atom is -0.477 e. The molecule has 7 heteroatoms. The molecule has 2 heterocycles. The first-order valence-electron chi connectivity index (χ1n) is 6.39. The number of carboxylic acid groups (broad SMARTS) is 1. The van der Waals surface area contributed by atoms with Gasteiger partial charge in [0.05, 0.1) is 12.3 Å². The van der Waals surface area contributed by atoms with E-state index in [4.69, 9.17) is 9.84 Å². The summed E-state index contributed by atoms with van der Waals surface area (Å²) in [5.41, 5.74) is -0.0973. The van der Waals surface area contributed by atoms with Crippen LogP contribution in [0.15, 0.2) is 4.79 Å². The van der Waals surface area contributed by atoms with Gasteiger partial charge in [0.2, 0.25) is 0 Å². The highest BCUT2D eigenvalue weighted by Gasteiger charge is 2.25. The molecule has 0 bridgehead atoms. The van der Waals surface area contributed by atoms with Crippen molar-refractivity contribution in [2.45, 2.75) is 31.8 Å². The molecular formula is C12H19N3O4. The van der Waals surface area contributed by atoms with E-state index in [0.29, 0.717) is 18.8 Å². The molecule has 0 unspecified atom stereocenters. The molecule has 7 nitrogen and oxygen atoms in total. The molecule has 2 rings (SSSR count). The number of piperidine rings is 1. The second-order valence-corrected chi connectivity index (χ2v) is 4.81. The summed E-state index contributed by atoms with van der Waals surface area (Å²) in [6, 6.07) is 0.277. The number of rotatable bonds is 5. The first kappa shape index (κ1) is 13.8. The molecule has 0 saturated carbocycles. The first-order chi connectivity index (χ1) is 9.11. The van der Waals surface area contributed by atoms with Crippen LogP contribution in [0, 0.1) is 0 Å². The van der Waals surface area contributed by atoms with Gasteiger partial charge in [-0.3, -0.25) is 9.88 Å². The van der Waals surface area contributed by atoms with E-state index in [-0.39, 0.29) is 11.7 Å². The van der Waals surface area contributed by atoms with Crippen LogP contribution in [0.4, 0.5) is 0 Å². The van der Waals surface area contributed by atoms with E-state index in [1.54, 1.807) is 7.11 Å². The number of aromatic carboxylic acids is 1. The molecule has 0 amide bonds. The number of nitrogens with one attached hydrogen (secondary N) is 2. The molecule has 1 saturated heterocycles. The highest BCUT2D eigenvalue weighted by Crippen LogP contribution is 2.19. The summed E-state index contributed by atoms with van der Waals surface area (Å²) in [5, 5.41) is 9.04. The van der Waals surface area contributed by atoms with Gasteiger partial charge in [0.25, 0.3) is 0 Å². The molecule has 0 aromatic carbocycles. The van der Waals surface area contributed by atoms with Crippen LogP contribution in [-0.4, -0.2) is 52.2 Å². The molecule has 1 aromatic rings. The number of methoxy groups -OCH3 is 1. The average Bonchev–Trinajstić information content (AvgIpc) is 2.73. The third-order valence-corrected chi connectivity index (χ3v) is 3.49. The van der Waals surface area contributed by atoms with E-state index in [1.807, 2.05) is 0 Å². The Hall–Kier alpha value is -1.60. The highest BCUT2D eigenvalue weighted by molar-refractivity contribution is 5.86. The lowest BCUT2D eigenvalue weighted by Gasteiger charge is -2.34. The number of ether oxygens (including phenoxy) is 1. The van der Waals surface area contributed by atoms with Gasteiger partial charge in [0.15, 0.2) is 0 Å². The lowest BCUT2D eigenvalue weighted by molar-refractivity contribution is 0.0579. The Morgan fingerprint density at radius 3 is 2.95 bits per heavy atom. The summed E-state index contributed by atoms with van der Waals surface area (Å²) in [5.74, 6) is -1.12. The van der Waals surface area contributed by atoms with Gasteiger partial charge in [-0.15, -0.1) is 0 Å². The third-order valence-electron chi connectivity index (χ3n) is 3.49. The fourth-order valence-corrected chi connectivity index (χ4v) is 2.57. The molecule has 1 fully saturated rings. The summed E-state index contributed by atoms with van der Waals surface area (Å²) in [7, 11) is 1.66. The molecule has 106 valence electrons. The quantitative estimate of drug-likeness (QED) is 0.718. The molecule has 0 radical (unpaired) electrons. The van der Waals surface area contributed by atoms with Crippen molar-refractivity contribution in [1.82, 2.24) is 14.9 Å². The number of carbonyl (C=O) groups is 1. The van der Waals surface area contributed by atoms with Gasteiger partial charge in [0, 0.05) is 19.7 Å². The van der Waals surface area contributed by atoms with Gasteiger partial charge < -0.3 is 14.8 Å². The number of aromatic amines is 2. The number of aromatic nitrogens is 2. The van der Waals surface area contributed by atoms with Gasteiger partial charge in [-0.2, -0.15) is 0 Å². The third kappa shape index (κ3) is 3.24. The van der Waals surface area contributed by atoms with E-state index >= 15 is 0 Å². The number of nitrogens with zero attached hydrogens (tertiary/aromatic N) is 1. The van der Waals surface area contributed by atoms with Crippen LogP contribution in [-0.2, 0) is 11.3 Å². The first-order valence-corrected chi connectivity index (χ1v) is 6.39. The normalized spacial score (nSPS) is 20.6. The predicted molar refractivity (Wildman–Crippen MR) is 68.3 cm³/mol. The fraction of sp³-hybridized carbons (Fsp3) is 0.667. The molecule has 0 aliphatic carbocycles. The van der Waals surface area contributed by atoms with Crippen molar-refractivity contribution in [3.05, 3.63) is 21.9 Å². The summed E-state index contributed by atoms with van der Waals surface area (Å²) in [6.07, 6.45) is 3.27. The Bertz CT molecular complexity index is 491. The lowest BCUT2D eigenvalue weighted by atomic mass is 10.0. The van der Waals surface area contributed by atoms with Crippen molar-refractivity contribution < 1.29 is 14.6 Å². The maximum Gasteiger partial charge on any atom is 0.354 e. The summed E-state index contributed by atoms with van der Waals surface area (Å²) in [4.78, 5) is 29.3. The van der Waals surface area contributed by atoms with Crippen molar-refractivity contribution in [3.63, 3.8) is 0 Å². The van der Waals surface area contributed by atoms with Crippen LogP contribution in [0.25, 0.3) is 0 Å². The minimum absolute atomic E-state index is 0.0493. The van der Waals surface area contributed by atoms with Crippen molar-refractivity contribution in [3.8, 4) is 0 Å². The van der Waals surface area contributed by atoms with Crippen LogP contribution < -0.4 is 5.69 Å². The second kappa shape index (κ2) is 6.03. The Labute approximate surface area is 110 Å². The zero-order valence-corrected chi connectivity index (χ0v) is 10.9. The molecule has 19 heavy (non-hydrogen) atoms. The number of likely N-dealkylation sites (tertiary alicyclic amines) is 1. The molecule has 1 aliphatic heterocycles. The molecule has 0 spiro atoms. The van der Waals surface area contributed by atoms with Crippen LogP contribution in [0.3, 0.4) is 0 Å². The Morgan fingerprint density at radius 1 is 1.47 bits per heavy atom. The zero-order chi connectivity index (χ0) is 13.8. The lowest BCUT2D eigenvalue weighted by Crippen LogP contribution is -2.42. The Balaban J connectivity index is 2.14. The summed E-state index contributed by atoms with van der Waals surface area (Å²) in [6.45, 7) is 1.94. The van der Waals surface area contributed by atoms with E-state index < -0.39 is 11.7 Å². The number of H-pyrrole nitrogens is 2. The maximum atomic E-state index is 11.2. The van der Waals surface area contributed by atoms with Crippen LogP contribution >= 0.6 is 0 Å². The smallest absolute Gasteiger partial charge is 0.354 e. The molecule has 1 aliphatic rings. The Morgan fingerprint density at radius 2 is 2.26 bits per heavy atom. The van der Waals surface area contributed by atoms with Crippen molar-refractivity contribution in [2.75, 3.05) is 20.3 Å². The number of carboxylic acids is 1. The van der Waals surface area contributed by atoms with Crippen molar-refractivity contribution in [1.29, 1.82) is 0 Å². The zero-order valence-electron chi connectivity index (χ0n) is 10.9. The van der Waals surface area contributed by atoms with Gasteiger partial charge >= 0.3 is 11.7 Å². The minimum atomic E-state index is -1.12. The van der Waals surface area contributed by atoms with Crippen LogP contribution in [0.1, 0.15) is 35.4 Å². The molecule has 1 atom stereocenters. The average molecular weight is 269 g/mol. The van der Waals surface area contributed by atoms with E-state index in [2.05, 4.69) is 14.9 Å². The van der Waals surface area contributed by atoms with Crippen LogP contribution in [0.2, 0.25) is 0 Å². The number of hydrogen-bond acceptors (Lipinski definition) is 4. The summed E-state index contributed by atoms with van der Waals surface area (Å²) >= 11 is 0. The topological polar surface area (TPSA) is 98.4 Å². The standard InChI is InChI=1S/C12H19N3O4/c1-19-7-8-4-2-3-5-15(8)6-9-10(11(16)17)14-12(18)13-9/h8H,2-7H2,1H3,(H,16,17)(H2,13,14,18)/t8-/m0/s1. The Kier molecular flexibility index (Phi) is 4.39. The summed E-state index contributed by atoms with van der Waals surface area (Å²) < 4.78 is 5.19. The predicted octanol–water partition coefficient (Wildman–Crippen LogP) is 0.402. The number of hydrogen-bond donors (Lipinski definition) is 3. The van der Waals surface area contributed by atoms with E-state index in [1.165, 1.54) is 0 Å². The monoisotopic (exact) mass is 269 g/mol. The SMILES string of the molecule is COC[C@@H]1CCCCN1Cc1[nH]c(=O)[nH]c1C(=O)O. The number of imidazole rings is 1. The largest absolute Gasteiger partial charge is 0.477 e. The van der Waals surface area contributed by atoms with Crippen molar-refractivity contribution >= 4 is 5.97 Å². The van der Waals surface area contributed by atoms with E-state index in [0.717, 1.165) is 25.8 Å². The highest BCUT2D eigenvalue weighted by atomic mass is 16.5.